The second-order valence-electron chi connectivity index (χ2n) is 2.92. The Bertz CT molecular complexity index is 324. The minimum Gasteiger partial charge on any atom is -0.469 e. The van der Waals surface area contributed by atoms with Gasteiger partial charge < -0.3 is 4.74 Å². The summed E-state index contributed by atoms with van der Waals surface area (Å²) in [5.41, 5.74) is 0.137. The average Bonchev–Trinajstić information content (AvgIpc) is 2.31. The topological polar surface area (TPSA) is 69.4 Å². The first-order valence-electron chi connectivity index (χ1n) is 4.88. The van der Waals surface area contributed by atoms with Crippen LogP contribution in [0.4, 0.5) is 5.69 Å². The van der Waals surface area contributed by atoms with Crippen molar-refractivity contribution >= 4 is 11.7 Å². The molecule has 5 heteroatoms. The van der Waals surface area contributed by atoms with Crippen molar-refractivity contribution in [1.82, 2.24) is 0 Å². The first-order chi connectivity index (χ1) is 7.61. The molecule has 88 valence electrons. The van der Waals surface area contributed by atoms with Gasteiger partial charge in [-0.05, 0) is 6.42 Å². The number of carbonyl (C=O) groups is 1. The minimum atomic E-state index is -0.417. The predicted octanol–water partition coefficient (Wildman–Crippen LogP) is 2.55. The van der Waals surface area contributed by atoms with Crippen molar-refractivity contribution in [1.29, 1.82) is 0 Å². The van der Waals surface area contributed by atoms with Crippen molar-refractivity contribution < 1.29 is 14.5 Å². The number of methoxy groups -OCH3 is 1. The molecule has 0 aromatic heterocycles. The van der Waals surface area contributed by atoms with Crippen LogP contribution in [0.3, 0.4) is 0 Å². The summed E-state index contributed by atoms with van der Waals surface area (Å²) < 4.78 is 4.35. The van der Waals surface area contributed by atoms with Gasteiger partial charge in [0.25, 0.3) is 5.69 Å². The summed E-state index contributed by atoms with van der Waals surface area (Å²) in [6, 6.07) is 7.93. The summed E-state index contributed by atoms with van der Waals surface area (Å²) in [5, 5.41) is 10.0. The number of hydrogen-bond donors (Lipinski definition) is 0. The zero-order chi connectivity index (χ0) is 12.4. The van der Waals surface area contributed by atoms with Crippen LogP contribution in [0.2, 0.25) is 0 Å². The molecule has 16 heavy (non-hydrogen) atoms. The van der Waals surface area contributed by atoms with Gasteiger partial charge in [0, 0.05) is 18.6 Å². The molecule has 0 N–H and O–H groups in total. The Morgan fingerprint density at radius 1 is 1.38 bits per heavy atom. The van der Waals surface area contributed by atoms with Crippen molar-refractivity contribution in [2.45, 2.75) is 19.8 Å². The van der Waals surface area contributed by atoms with E-state index < -0.39 is 4.92 Å². The van der Waals surface area contributed by atoms with Gasteiger partial charge in [0.05, 0.1) is 12.0 Å². The van der Waals surface area contributed by atoms with Gasteiger partial charge in [0.2, 0.25) is 0 Å². The number of hydrogen-bond acceptors (Lipinski definition) is 4. The summed E-state index contributed by atoms with van der Waals surface area (Å²) in [7, 11) is 1.40. The number of nitro groups is 1. The highest BCUT2D eigenvalue weighted by molar-refractivity contribution is 5.68. The fourth-order valence-electron chi connectivity index (χ4n) is 0.856. The van der Waals surface area contributed by atoms with Crippen LogP contribution in [0.1, 0.15) is 19.8 Å². The summed E-state index contributed by atoms with van der Waals surface area (Å²) in [6.45, 7) is 1.94. The molecular weight excluding hydrogens is 210 g/mol. The van der Waals surface area contributed by atoms with Gasteiger partial charge in [-0.3, -0.25) is 14.9 Å². The molecule has 0 saturated heterocycles. The van der Waals surface area contributed by atoms with E-state index in [9.17, 15) is 14.9 Å². The second-order valence-corrected chi connectivity index (χ2v) is 2.92. The highest BCUT2D eigenvalue weighted by atomic mass is 16.6. The Morgan fingerprint density at radius 2 is 1.94 bits per heavy atom. The Labute approximate surface area is 94.2 Å². The minimum absolute atomic E-state index is 0.123. The van der Waals surface area contributed by atoms with Crippen LogP contribution in [0, 0.1) is 10.1 Å². The van der Waals surface area contributed by atoms with E-state index in [1.165, 1.54) is 19.2 Å². The number of esters is 1. The zero-order valence-corrected chi connectivity index (χ0v) is 9.38. The van der Waals surface area contributed by atoms with Crippen molar-refractivity contribution in [2.75, 3.05) is 7.11 Å². The summed E-state index contributed by atoms with van der Waals surface area (Å²) in [5.74, 6) is -0.123. The molecule has 1 aromatic carbocycles. The number of benzene rings is 1. The molecule has 5 nitrogen and oxygen atoms in total. The molecule has 0 saturated carbocycles. The van der Waals surface area contributed by atoms with Gasteiger partial charge in [-0.15, -0.1) is 0 Å². The van der Waals surface area contributed by atoms with Crippen LogP contribution < -0.4 is 0 Å². The fourth-order valence-corrected chi connectivity index (χ4v) is 0.856. The van der Waals surface area contributed by atoms with Gasteiger partial charge in [-0.25, -0.2) is 0 Å². The lowest BCUT2D eigenvalue weighted by atomic mass is 10.3. The van der Waals surface area contributed by atoms with Crippen LogP contribution in [-0.4, -0.2) is 18.0 Å². The molecule has 0 aliphatic heterocycles. The third-order valence-corrected chi connectivity index (χ3v) is 1.65. The van der Waals surface area contributed by atoms with Crippen LogP contribution in [-0.2, 0) is 9.53 Å². The first kappa shape index (κ1) is 14.1. The maximum Gasteiger partial charge on any atom is 0.305 e. The van der Waals surface area contributed by atoms with Crippen LogP contribution >= 0.6 is 0 Å². The Hall–Kier alpha value is -1.91. The third-order valence-electron chi connectivity index (χ3n) is 1.65. The number of para-hydroxylation sites is 1. The number of non-ortho nitro benzene ring substituents is 1. The van der Waals surface area contributed by atoms with E-state index in [0.717, 1.165) is 6.42 Å². The molecule has 1 rings (SSSR count). The van der Waals surface area contributed by atoms with Crippen molar-refractivity contribution in [3.8, 4) is 0 Å². The second kappa shape index (κ2) is 8.40. The zero-order valence-electron chi connectivity index (χ0n) is 9.38. The van der Waals surface area contributed by atoms with Crippen molar-refractivity contribution in [3.05, 3.63) is 40.4 Å². The molecule has 0 heterocycles. The first-order valence-corrected chi connectivity index (χ1v) is 4.88. The van der Waals surface area contributed by atoms with Gasteiger partial charge in [0.1, 0.15) is 0 Å². The van der Waals surface area contributed by atoms with Crippen molar-refractivity contribution in [2.24, 2.45) is 0 Å². The SMILES string of the molecule is CCCC(=O)OC.O=[N+]([O-])c1ccccc1. The van der Waals surface area contributed by atoms with E-state index in [-0.39, 0.29) is 11.7 Å². The van der Waals surface area contributed by atoms with Gasteiger partial charge in [-0.1, -0.05) is 25.1 Å². The monoisotopic (exact) mass is 225 g/mol. The number of rotatable bonds is 3. The van der Waals surface area contributed by atoms with Crippen molar-refractivity contribution in [3.63, 3.8) is 0 Å². The molecule has 0 spiro atoms. The molecule has 0 fully saturated rings. The Kier molecular flexibility index (Phi) is 7.40. The number of nitro benzene ring substituents is 1. The number of ether oxygens (including phenoxy) is 1. The maximum atomic E-state index is 10.2. The lowest BCUT2D eigenvalue weighted by Crippen LogP contribution is -1.97. The average molecular weight is 225 g/mol. The molecule has 0 atom stereocenters. The van der Waals surface area contributed by atoms with Gasteiger partial charge in [-0.2, -0.15) is 0 Å². The highest BCUT2D eigenvalue weighted by Crippen LogP contribution is 2.06. The van der Waals surface area contributed by atoms with Crippen LogP contribution in [0.5, 0.6) is 0 Å². The molecule has 0 amide bonds. The largest absolute Gasteiger partial charge is 0.469 e. The quantitative estimate of drug-likeness (QED) is 0.450. The summed E-state index contributed by atoms with van der Waals surface area (Å²) in [6.07, 6.45) is 1.41. The van der Waals surface area contributed by atoms with E-state index >= 15 is 0 Å². The lowest BCUT2D eigenvalue weighted by Gasteiger charge is -1.91. The third kappa shape index (κ3) is 6.53. The molecule has 0 bridgehead atoms. The summed E-state index contributed by atoms with van der Waals surface area (Å²) >= 11 is 0. The Morgan fingerprint density at radius 3 is 2.19 bits per heavy atom. The molecule has 0 aliphatic rings. The Balaban J connectivity index is 0.000000293. The lowest BCUT2D eigenvalue weighted by molar-refractivity contribution is -0.384. The number of carbonyl (C=O) groups excluding carboxylic acids is 1. The number of nitrogens with zero attached hydrogens (tertiary/aromatic N) is 1. The highest BCUT2D eigenvalue weighted by Gasteiger charge is 1.98. The van der Waals surface area contributed by atoms with Crippen LogP contribution in [0.15, 0.2) is 30.3 Å². The van der Waals surface area contributed by atoms with E-state index in [0.29, 0.717) is 6.42 Å². The molecular formula is C11H15NO4. The summed E-state index contributed by atoms with van der Waals surface area (Å²) in [4.78, 5) is 19.8. The molecule has 0 aliphatic carbocycles. The van der Waals surface area contributed by atoms with E-state index in [1.807, 2.05) is 6.92 Å². The van der Waals surface area contributed by atoms with E-state index in [2.05, 4.69) is 4.74 Å². The van der Waals surface area contributed by atoms with Crippen LogP contribution in [0.25, 0.3) is 0 Å². The fraction of sp³-hybridized carbons (Fsp3) is 0.364. The van der Waals surface area contributed by atoms with E-state index in [1.54, 1.807) is 18.2 Å². The van der Waals surface area contributed by atoms with Gasteiger partial charge >= 0.3 is 5.97 Å². The molecule has 0 unspecified atom stereocenters. The van der Waals surface area contributed by atoms with Gasteiger partial charge in [0.15, 0.2) is 0 Å². The normalized spacial score (nSPS) is 8.62. The standard InChI is InChI=1S/C6H5NO2.C5H10O2/c8-7(9)6-4-2-1-3-5-6;1-3-4-5(6)7-2/h1-5H;3-4H2,1-2H3. The van der Waals surface area contributed by atoms with E-state index in [4.69, 9.17) is 0 Å². The molecule has 0 radical (unpaired) electrons. The molecule has 1 aromatic rings. The predicted molar refractivity (Wildman–Crippen MR) is 60.0 cm³/mol. The maximum absolute atomic E-state index is 10.2. The smallest absolute Gasteiger partial charge is 0.305 e.